The summed E-state index contributed by atoms with van der Waals surface area (Å²) in [6.45, 7) is 4.01. The molecular formula is C19H25N3O2. The van der Waals surface area contributed by atoms with E-state index in [1.807, 2.05) is 19.1 Å². The molecule has 5 nitrogen and oxygen atoms in total. The third-order valence-corrected chi connectivity index (χ3v) is 4.79. The van der Waals surface area contributed by atoms with Crippen molar-refractivity contribution in [3.05, 3.63) is 30.0 Å². The highest BCUT2D eigenvalue weighted by atomic mass is 16.5. The second kappa shape index (κ2) is 7.07. The topological polar surface area (TPSA) is 68.5 Å². The van der Waals surface area contributed by atoms with Crippen molar-refractivity contribution in [2.45, 2.75) is 32.6 Å². The monoisotopic (exact) mass is 327 g/mol. The minimum Gasteiger partial charge on any atom is -0.494 e. The first-order valence-electron chi connectivity index (χ1n) is 8.56. The molecule has 0 saturated carbocycles. The number of hydrogen-bond acceptors (Lipinski definition) is 4. The smallest absolute Gasteiger partial charge is 0.217 e. The highest BCUT2D eigenvalue weighted by Gasteiger charge is 2.22. The molecule has 2 heterocycles. The van der Waals surface area contributed by atoms with Crippen LogP contribution in [0.2, 0.25) is 0 Å². The van der Waals surface area contributed by atoms with Crippen molar-refractivity contribution < 1.29 is 9.53 Å². The number of anilines is 1. The molecular weight excluding hydrogens is 302 g/mol. The van der Waals surface area contributed by atoms with Crippen LogP contribution >= 0.6 is 0 Å². The van der Waals surface area contributed by atoms with Crippen molar-refractivity contribution in [2.24, 2.45) is 11.7 Å². The van der Waals surface area contributed by atoms with Crippen molar-refractivity contribution in [2.75, 3.05) is 25.1 Å². The molecule has 1 amide bonds. The maximum atomic E-state index is 11.1. The number of pyridine rings is 1. The van der Waals surface area contributed by atoms with Crippen LogP contribution < -0.4 is 15.4 Å². The van der Waals surface area contributed by atoms with E-state index < -0.39 is 0 Å². The molecule has 1 fully saturated rings. The summed E-state index contributed by atoms with van der Waals surface area (Å²) >= 11 is 0. The number of ether oxygens (including phenoxy) is 1. The van der Waals surface area contributed by atoms with Crippen molar-refractivity contribution in [3.8, 4) is 5.75 Å². The minimum atomic E-state index is -0.206. The number of para-hydroxylation sites is 1. The summed E-state index contributed by atoms with van der Waals surface area (Å²) in [7, 11) is 1.68. The van der Waals surface area contributed by atoms with Gasteiger partial charge in [0.2, 0.25) is 5.91 Å². The molecule has 1 saturated heterocycles. The SMILES string of the molecule is COc1cccc2c(N3CCC[C@@H](CCC(N)=O)C3)cc(C)nc12. The zero-order valence-electron chi connectivity index (χ0n) is 14.4. The summed E-state index contributed by atoms with van der Waals surface area (Å²) < 4.78 is 5.48. The molecule has 0 radical (unpaired) electrons. The molecule has 3 rings (SSSR count). The van der Waals surface area contributed by atoms with Crippen molar-refractivity contribution in [3.63, 3.8) is 0 Å². The van der Waals surface area contributed by atoms with Gasteiger partial charge in [-0.3, -0.25) is 4.79 Å². The third-order valence-electron chi connectivity index (χ3n) is 4.79. The molecule has 0 aliphatic carbocycles. The van der Waals surface area contributed by atoms with Gasteiger partial charge in [0.15, 0.2) is 0 Å². The Hall–Kier alpha value is -2.30. The van der Waals surface area contributed by atoms with Gasteiger partial charge in [-0.2, -0.15) is 0 Å². The van der Waals surface area contributed by atoms with E-state index in [-0.39, 0.29) is 5.91 Å². The van der Waals surface area contributed by atoms with E-state index in [0.717, 1.165) is 54.7 Å². The van der Waals surface area contributed by atoms with E-state index in [2.05, 4.69) is 22.0 Å². The quantitative estimate of drug-likeness (QED) is 0.916. The second-order valence-corrected chi connectivity index (χ2v) is 6.60. The van der Waals surface area contributed by atoms with Gasteiger partial charge < -0.3 is 15.4 Å². The molecule has 1 aliphatic rings. The lowest BCUT2D eigenvalue weighted by Gasteiger charge is -2.35. The van der Waals surface area contributed by atoms with Gasteiger partial charge in [0, 0.05) is 36.3 Å². The number of fused-ring (bicyclic) bond motifs is 1. The van der Waals surface area contributed by atoms with Gasteiger partial charge in [-0.05, 0) is 44.2 Å². The van der Waals surface area contributed by atoms with Crippen LogP contribution in [-0.4, -0.2) is 31.1 Å². The molecule has 1 atom stereocenters. The van der Waals surface area contributed by atoms with Crippen LogP contribution in [0, 0.1) is 12.8 Å². The number of aryl methyl sites for hydroxylation is 1. The Morgan fingerprint density at radius 2 is 2.29 bits per heavy atom. The average Bonchev–Trinajstić information content (AvgIpc) is 2.59. The third kappa shape index (κ3) is 3.45. The lowest BCUT2D eigenvalue weighted by atomic mass is 9.92. The van der Waals surface area contributed by atoms with Crippen LogP contribution in [0.4, 0.5) is 5.69 Å². The number of aromatic nitrogens is 1. The molecule has 0 unspecified atom stereocenters. The average molecular weight is 327 g/mol. The van der Waals surface area contributed by atoms with Gasteiger partial charge in [0.25, 0.3) is 0 Å². The normalized spacial score (nSPS) is 17.9. The Morgan fingerprint density at radius 3 is 3.04 bits per heavy atom. The fourth-order valence-electron chi connectivity index (χ4n) is 3.62. The number of nitrogens with two attached hydrogens (primary N) is 1. The molecule has 24 heavy (non-hydrogen) atoms. The second-order valence-electron chi connectivity index (χ2n) is 6.60. The predicted octanol–water partition coefficient (Wildman–Crippen LogP) is 3.03. The molecule has 2 N–H and O–H groups in total. The van der Waals surface area contributed by atoms with Gasteiger partial charge in [0.1, 0.15) is 11.3 Å². The summed E-state index contributed by atoms with van der Waals surface area (Å²) in [6.07, 6.45) is 3.64. The zero-order chi connectivity index (χ0) is 17.1. The first-order valence-corrected chi connectivity index (χ1v) is 8.56. The Morgan fingerprint density at radius 1 is 1.46 bits per heavy atom. The predicted molar refractivity (Wildman–Crippen MR) is 96.4 cm³/mol. The summed E-state index contributed by atoms with van der Waals surface area (Å²) in [5, 5.41) is 1.12. The van der Waals surface area contributed by atoms with E-state index in [0.29, 0.717) is 12.3 Å². The largest absolute Gasteiger partial charge is 0.494 e. The first-order chi connectivity index (χ1) is 11.6. The summed E-state index contributed by atoms with van der Waals surface area (Å²) in [4.78, 5) is 18.2. The van der Waals surface area contributed by atoms with E-state index in [4.69, 9.17) is 10.5 Å². The van der Waals surface area contributed by atoms with Gasteiger partial charge >= 0.3 is 0 Å². The number of carbonyl (C=O) groups is 1. The van der Waals surface area contributed by atoms with Gasteiger partial charge in [-0.25, -0.2) is 4.98 Å². The number of amides is 1. The fraction of sp³-hybridized carbons (Fsp3) is 0.474. The Balaban J connectivity index is 1.92. The molecule has 128 valence electrons. The van der Waals surface area contributed by atoms with Crippen LogP contribution in [-0.2, 0) is 4.79 Å². The Labute approximate surface area is 142 Å². The summed E-state index contributed by atoms with van der Waals surface area (Å²) in [6, 6.07) is 8.21. The molecule has 2 aromatic rings. The molecule has 0 spiro atoms. The van der Waals surface area contributed by atoms with E-state index >= 15 is 0 Å². The van der Waals surface area contributed by atoms with E-state index in [9.17, 15) is 4.79 Å². The molecule has 0 bridgehead atoms. The van der Waals surface area contributed by atoms with Crippen LogP contribution in [0.1, 0.15) is 31.4 Å². The Kier molecular flexibility index (Phi) is 4.88. The maximum absolute atomic E-state index is 11.1. The number of hydrogen-bond donors (Lipinski definition) is 1. The van der Waals surface area contributed by atoms with Crippen molar-refractivity contribution in [1.29, 1.82) is 0 Å². The van der Waals surface area contributed by atoms with E-state index in [1.165, 1.54) is 5.69 Å². The first kappa shape index (κ1) is 16.6. The summed E-state index contributed by atoms with van der Waals surface area (Å²) in [5.74, 6) is 1.11. The molecule has 1 aromatic heterocycles. The lowest BCUT2D eigenvalue weighted by Crippen LogP contribution is -2.36. The zero-order valence-corrected chi connectivity index (χ0v) is 14.4. The van der Waals surface area contributed by atoms with Crippen LogP contribution in [0.5, 0.6) is 5.75 Å². The standard InChI is InChI=1S/C19H25N3O2/c1-13-11-16(15-6-3-7-17(24-2)19(15)21-13)22-10-4-5-14(12-22)8-9-18(20)23/h3,6-7,11,14H,4-5,8-10,12H2,1-2H3,(H2,20,23)/t14-/m0/s1. The highest BCUT2D eigenvalue weighted by molar-refractivity contribution is 5.95. The number of carbonyl (C=O) groups excluding carboxylic acids is 1. The van der Waals surface area contributed by atoms with Crippen molar-refractivity contribution in [1.82, 2.24) is 4.98 Å². The van der Waals surface area contributed by atoms with Crippen LogP contribution in [0.15, 0.2) is 24.3 Å². The van der Waals surface area contributed by atoms with Crippen LogP contribution in [0.25, 0.3) is 10.9 Å². The number of nitrogens with zero attached hydrogens (tertiary/aromatic N) is 2. The van der Waals surface area contributed by atoms with Gasteiger partial charge in [-0.15, -0.1) is 0 Å². The molecule has 1 aliphatic heterocycles. The number of rotatable bonds is 5. The molecule has 5 heteroatoms. The van der Waals surface area contributed by atoms with Gasteiger partial charge in [0.05, 0.1) is 7.11 Å². The lowest BCUT2D eigenvalue weighted by molar-refractivity contribution is -0.118. The number of primary amides is 1. The number of methoxy groups -OCH3 is 1. The van der Waals surface area contributed by atoms with Crippen molar-refractivity contribution >= 4 is 22.5 Å². The maximum Gasteiger partial charge on any atom is 0.217 e. The fourth-order valence-corrected chi connectivity index (χ4v) is 3.62. The number of piperidine rings is 1. The van der Waals surface area contributed by atoms with E-state index in [1.54, 1.807) is 7.11 Å². The Bertz CT molecular complexity index is 745. The van der Waals surface area contributed by atoms with Gasteiger partial charge in [-0.1, -0.05) is 12.1 Å². The van der Waals surface area contributed by atoms with Crippen LogP contribution in [0.3, 0.4) is 0 Å². The summed E-state index contributed by atoms with van der Waals surface area (Å²) in [5.41, 5.74) is 8.41. The minimum absolute atomic E-state index is 0.206. The highest BCUT2D eigenvalue weighted by Crippen LogP contribution is 2.34. The number of benzene rings is 1. The molecule has 1 aromatic carbocycles.